The van der Waals surface area contributed by atoms with Gasteiger partial charge in [-0.3, -0.25) is 0 Å². The van der Waals surface area contributed by atoms with E-state index in [1.807, 2.05) is 18.2 Å². The summed E-state index contributed by atoms with van der Waals surface area (Å²) in [5, 5.41) is 10.2. The molecular formula is C18H24O3. The van der Waals surface area contributed by atoms with E-state index in [0.717, 1.165) is 12.8 Å². The van der Waals surface area contributed by atoms with Crippen LogP contribution in [0.5, 0.6) is 0 Å². The van der Waals surface area contributed by atoms with Crippen molar-refractivity contribution in [2.75, 3.05) is 0 Å². The fraction of sp³-hybridized carbons (Fsp3) is 0.611. The largest absolute Gasteiger partial charge is 0.460 e. The van der Waals surface area contributed by atoms with Gasteiger partial charge >= 0.3 is 5.97 Å². The zero-order valence-electron chi connectivity index (χ0n) is 13.0. The molecule has 0 aliphatic heterocycles. The van der Waals surface area contributed by atoms with Crippen molar-refractivity contribution in [3.05, 3.63) is 35.9 Å². The molecule has 0 saturated heterocycles. The minimum atomic E-state index is -1.18. The summed E-state index contributed by atoms with van der Waals surface area (Å²) in [6.45, 7) is 6.80. The summed E-state index contributed by atoms with van der Waals surface area (Å²) in [7, 11) is 0. The maximum absolute atomic E-state index is 12.3. The summed E-state index contributed by atoms with van der Waals surface area (Å²) in [4.78, 5) is 12.3. The van der Waals surface area contributed by atoms with Gasteiger partial charge in [-0.25, -0.2) is 4.79 Å². The van der Waals surface area contributed by atoms with E-state index in [9.17, 15) is 9.90 Å². The number of carbonyl (C=O) groups excluding carboxylic acids is 1. The Morgan fingerprint density at radius 1 is 1.29 bits per heavy atom. The van der Waals surface area contributed by atoms with Crippen LogP contribution < -0.4 is 0 Å². The first-order valence-corrected chi connectivity index (χ1v) is 7.80. The summed E-state index contributed by atoms with van der Waals surface area (Å²) < 4.78 is 5.71. The van der Waals surface area contributed by atoms with Gasteiger partial charge < -0.3 is 9.84 Å². The quantitative estimate of drug-likeness (QED) is 0.866. The molecule has 2 aliphatic rings. The van der Waals surface area contributed by atoms with Crippen LogP contribution in [0, 0.1) is 16.7 Å². The standard InChI is InChI=1S/C18H24O3/c1-17(2)13-9-10-18(17,3)14(11-13)21-16(20)15(19)12-7-5-4-6-8-12/h4-8,13-15,19H,9-11H2,1-3H3. The van der Waals surface area contributed by atoms with Gasteiger partial charge in [0, 0.05) is 5.41 Å². The van der Waals surface area contributed by atoms with E-state index in [-0.39, 0.29) is 16.9 Å². The molecule has 4 atom stereocenters. The molecule has 3 rings (SSSR count). The van der Waals surface area contributed by atoms with Crippen LogP contribution in [0.4, 0.5) is 0 Å². The number of aliphatic hydroxyl groups is 1. The number of carbonyl (C=O) groups is 1. The van der Waals surface area contributed by atoms with Gasteiger partial charge in [0.15, 0.2) is 6.10 Å². The van der Waals surface area contributed by atoms with Crippen molar-refractivity contribution in [3.63, 3.8) is 0 Å². The Bertz CT molecular complexity index is 537. The number of benzene rings is 1. The average molecular weight is 288 g/mol. The Labute approximate surface area is 126 Å². The maximum Gasteiger partial charge on any atom is 0.339 e. The number of hydrogen-bond acceptors (Lipinski definition) is 3. The zero-order valence-corrected chi connectivity index (χ0v) is 13.0. The van der Waals surface area contributed by atoms with E-state index < -0.39 is 12.1 Å². The Balaban J connectivity index is 1.72. The summed E-state index contributed by atoms with van der Waals surface area (Å²) in [6, 6.07) is 8.99. The van der Waals surface area contributed by atoms with Crippen molar-refractivity contribution >= 4 is 5.97 Å². The number of aliphatic hydroxyl groups excluding tert-OH is 1. The Morgan fingerprint density at radius 3 is 2.48 bits per heavy atom. The highest BCUT2D eigenvalue weighted by atomic mass is 16.6. The van der Waals surface area contributed by atoms with Crippen molar-refractivity contribution in [3.8, 4) is 0 Å². The van der Waals surface area contributed by atoms with E-state index >= 15 is 0 Å². The predicted molar refractivity (Wildman–Crippen MR) is 80.5 cm³/mol. The van der Waals surface area contributed by atoms with Crippen LogP contribution in [-0.4, -0.2) is 17.2 Å². The molecule has 0 spiro atoms. The molecule has 2 saturated carbocycles. The first kappa shape index (κ1) is 14.6. The monoisotopic (exact) mass is 288 g/mol. The van der Waals surface area contributed by atoms with Crippen LogP contribution in [0.25, 0.3) is 0 Å². The fourth-order valence-electron chi connectivity index (χ4n) is 4.28. The van der Waals surface area contributed by atoms with Gasteiger partial charge in [-0.15, -0.1) is 0 Å². The van der Waals surface area contributed by atoms with E-state index in [4.69, 9.17) is 4.74 Å². The molecule has 1 N–H and O–H groups in total. The van der Waals surface area contributed by atoms with E-state index in [2.05, 4.69) is 20.8 Å². The highest BCUT2D eigenvalue weighted by Gasteiger charge is 2.63. The molecule has 114 valence electrons. The number of esters is 1. The van der Waals surface area contributed by atoms with Crippen LogP contribution in [0.1, 0.15) is 51.7 Å². The second kappa shape index (κ2) is 4.84. The van der Waals surface area contributed by atoms with Gasteiger partial charge in [-0.2, -0.15) is 0 Å². The SMILES string of the molecule is CC1(C)C2CCC1(C)C(OC(=O)C(O)c1ccccc1)C2. The molecule has 2 bridgehead atoms. The van der Waals surface area contributed by atoms with Gasteiger partial charge in [0.25, 0.3) is 0 Å². The average Bonchev–Trinajstić information content (AvgIpc) is 2.80. The minimum absolute atomic E-state index is 0.0315. The maximum atomic E-state index is 12.3. The molecule has 3 heteroatoms. The fourth-order valence-corrected chi connectivity index (χ4v) is 4.28. The molecule has 3 nitrogen and oxygen atoms in total. The highest BCUT2D eigenvalue weighted by Crippen LogP contribution is 2.66. The van der Waals surface area contributed by atoms with E-state index in [0.29, 0.717) is 11.5 Å². The predicted octanol–water partition coefficient (Wildman–Crippen LogP) is 3.48. The molecule has 2 fully saturated rings. The Kier molecular flexibility index (Phi) is 3.36. The highest BCUT2D eigenvalue weighted by molar-refractivity contribution is 5.76. The summed E-state index contributed by atoms with van der Waals surface area (Å²) in [5.41, 5.74) is 0.828. The summed E-state index contributed by atoms with van der Waals surface area (Å²) in [5.74, 6) is 0.102. The third-order valence-electron chi connectivity index (χ3n) is 6.31. The van der Waals surface area contributed by atoms with Crippen molar-refractivity contribution < 1.29 is 14.6 Å². The zero-order chi connectivity index (χ0) is 15.3. The molecule has 4 unspecified atom stereocenters. The molecule has 0 amide bonds. The lowest BCUT2D eigenvalue weighted by atomic mass is 9.70. The van der Waals surface area contributed by atoms with Crippen molar-refractivity contribution in [1.29, 1.82) is 0 Å². The molecule has 0 aromatic heterocycles. The lowest BCUT2D eigenvalue weighted by Crippen LogP contribution is -2.39. The minimum Gasteiger partial charge on any atom is -0.460 e. The number of ether oxygens (including phenoxy) is 1. The van der Waals surface area contributed by atoms with Gasteiger partial charge in [0.05, 0.1) is 0 Å². The Hall–Kier alpha value is -1.35. The smallest absolute Gasteiger partial charge is 0.339 e. The normalized spacial score (nSPS) is 34.7. The van der Waals surface area contributed by atoms with E-state index in [1.54, 1.807) is 12.1 Å². The van der Waals surface area contributed by atoms with Crippen LogP contribution in [-0.2, 0) is 9.53 Å². The van der Waals surface area contributed by atoms with Crippen molar-refractivity contribution in [1.82, 2.24) is 0 Å². The van der Waals surface area contributed by atoms with Gasteiger partial charge in [0.2, 0.25) is 0 Å². The molecule has 0 heterocycles. The summed E-state index contributed by atoms with van der Waals surface area (Å²) >= 11 is 0. The first-order valence-electron chi connectivity index (χ1n) is 7.80. The topological polar surface area (TPSA) is 46.5 Å². The van der Waals surface area contributed by atoms with Gasteiger partial charge in [-0.1, -0.05) is 51.1 Å². The lowest BCUT2D eigenvalue weighted by Gasteiger charge is -2.38. The molecule has 21 heavy (non-hydrogen) atoms. The van der Waals surface area contributed by atoms with Crippen molar-refractivity contribution in [2.24, 2.45) is 16.7 Å². The lowest BCUT2D eigenvalue weighted by molar-refractivity contribution is -0.167. The molecule has 2 aliphatic carbocycles. The first-order chi connectivity index (χ1) is 9.86. The van der Waals surface area contributed by atoms with Crippen LogP contribution in [0.15, 0.2) is 30.3 Å². The van der Waals surface area contributed by atoms with E-state index in [1.165, 1.54) is 6.42 Å². The third-order valence-corrected chi connectivity index (χ3v) is 6.31. The third kappa shape index (κ3) is 2.10. The Morgan fingerprint density at radius 2 is 1.95 bits per heavy atom. The van der Waals surface area contributed by atoms with Crippen molar-refractivity contribution in [2.45, 2.75) is 52.2 Å². The molecular weight excluding hydrogens is 264 g/mol. The second-order valence-electron chi connectivity index (χ2n) is 7.35. The number of hydrogen-bond donors (Lipinski definition) is 1. The van der Waals surface area contributed by atoms with Gasteiger partial charge in [-0.05, 0) is 36.2 Å². The second-order valence-corrected chi connectivity index (χ2v) is 7.35. The van der Waals surface area contributed by atoms with Crippen LogP contribution in [0.3, 0.4) is 0 Å². The van der Waals surface area contributed by atoms with Crippen LogP contribution in [0.2, 0.25) is 0 Å². The number of rotatable bonds is 3. The summed E-state index contributed by atoms with van der Waals surface area (Å²) in [6.07, 6.45) is 1.99. The van der Waals surface area contributed by atoms with Crippen LogP contribution >= 0.6 is 0 Å². The number of fused-ring (bicyclic) bond motifs is 2. The molecule has 1 aromatic rings. The van der Waals surface area contributed by atoms with Gasteiger partial charge in [0.1, 0.15) is 6.10 Å². The molecule has 0 radical (unpaired) electrons. The molecule has 1 aromatic carbocycles.